The molecule has 2 aromatic heterocycles. The number of hydrogen-bond acceptors (Lipinski definition) is 4. The molecule has 16 heavy (non-hydrogen) atoms. The zero-order valence-electron chi connectivity index (χ0n) is 8.88. The fourth-order valence-electron chi connectivity index (χ4n) is 1.53. The van der Waals surface area contributed by atoms with Crippen LogP contribution in [0.25, 0.3) is 5.82 Å². The molecule has 0 aliphatic heterocycles. The molecular weight excluding hydrogens is 202 g/mol. The lowest BCUT2D eigenvalue weighted by Gasteiger charge is -2.08. The van der Waals surface area contributed by atoms with E-state index in [9.17, 15) is 0 Å². The Morgan fingerprint density at radius 3 is 3.06 bits per heavy atom. The lowest BCUT2D eigenvalue weighted by atomic mass is 10.2. The first-order valence-corrected chi connectivity index (χ1v) is 4.89. The fourth-order valence-corrected chi connectivity index (χ4v) is 1.53. The van der Waals surface area contributed by atoms with E-state index in [0.717, 1.165) is 11.4 Å². The minimum absolute atomic E-state index is 0.344. The van der Waals surface area contributed by atoms with Crippen LogP contribution in [0.1, 0.15) is 11.4 Å². The molecule has 2 rings (SSSR count). The Hall–Kier alpha value is -2.19. The molecule has 1 N–H and O–H groups in total. The molecule has 80 valence electrons. The summed E-state index contributed by atoms with van der Waals surface area (Å²) < 4.78 is 1.69. The smallest absolute Gasteiger partial charge is 0.218 e. The van der Waals surface area contributed by atoms with Crippen molar-refractivity contribution in [3.05, 3.63) is 42.1 Å². The number of imidazole rings is 1. The molecule has 0 atom stereocenters. The van der Waals surface area contributed by atoms with Gasteiger partial charge in [-0.3, -0.25) is 4.57 Å². The fraction of sp³-hybridized carbons (Fsp3) is 0.182. The number of rotatable bonds is 3. The average Bonchev–Trinajstić information content (AvgIpc) is 2.78. The first-order valence-electron chi connectivity index (χ1n) is 4.89. The maximum Gasteiger partial charge on any atom is 0.218 e. The van der Waals surface area contributed by atoms with Crippen molar-refractivity contribution < 1.29 is 0 Å². The number of hydrogen-bond donors (Lipinski definition) is 1. The second kappa shape index (κ2) is 4.55. The third-order valence-corrected chi connectivity index (χ3v) is 2.20. The highest BCUT2D eigenvalue weighted by atomic mass is 15.1. The van der Waals surface area contributed by atoms with E-state index in [4.69, 9.17) is 5.26 Å². The van der Waals surface area contributed by atoms with Crippen molar-refractivity contribution in [1.29, 1.82) is 5.26 Å². The molecule has 5 nitrogen and oxygen atoms in total. The molecule has 0 bridgehead atoms. The molecule has 0 aliphatic carbocycles. The lowest BCUT2D eigenvalue weighted by Crippen LogP contribution is -2.10. The van der Waals surface area contributed by atoms with Crippen LogP contribution in [0.3, 0.4) is 0 Å². The van der Waals surface area contributed by atoms with E-state index in [1.807, 2.05) is 25.2 Å². The molecule has 0 unspecified atom stereocenters. The third kappa shape index (κ3) is 1.78. The van der Waals surface area contributed by atoms with E-state index < -0.39 is 0 Å². The van der Waals surface area contributed by atoms with Crippen molar-refractivity contribution in [2.24, 2.45) is 0 Å². The summed E-state index contributed by atoms with van der Waals surface area (Å²) in [5.74, 6) is 1.09. The van der Waals surface area contributed by atoms with E-state index >= 15 is 0 Å². The summed E-state index contributed by atoms with van der Waals surface area (Å²) in [6.45, 7) is 0.701. The molecular formula is C11H11N5. The normalized spacial score (nSPS) is 10.0. The van der Waals surface area contributed by atoms with Crippen molar-refractivity contribution in [3.63, 3.8) is 0 Å². The Bertz CT molecular complexity index is 523. The molecule has 0 radical (unpaired) electrons. The van der Waals surface area contributed by atoms with Crippen molar-refractivity contribution in [1.82, 2.24) is 19.9 Å². The number of nitriles is 1. The predicted molar refractivity (Wildman–Crippen MR) is 58.8 cm³/mol. The molecule has 0 spiro atoms. The van der Waals surface area contributed by atoms with Gasteiger partial charge in [0, 0.05) is 30.7 Å². The zero-order chi connectivity index (χ0) is 11.4. The molecule has 0 saturated carbocycles. The van der Waals surface area contributed by atoms with Gasteiger partial charge in [0.2, 0.25) is 5.82 Å². The summed E-state index contributed by atoms with van der Waals surface area (Å²) in [6, 6.07) is 5.88. The zero-order valence-corrected chi connectivity index (χ0v) is 8.88. The highest BCUT2D eigenvalue weighted by molar-refractivity contribution is 5.37. The summed E-state index contributed by atoms with van der Waals surface area (Å²) in [4.78, 5) is 8.23. The molecule has 0 amide bonds. The van der Waals surface area contributed by atoms with Gasteiger partial charge in [-0.15, -0.1) is 0 Å². The van der Waals surface area contributed by atoms with Crippen molar-refractivity contribution in [2.75, 3.05) is 7.05 Å². The van der Waals surface area contributed by atoms with Gasteiger partial charge in [-0.1, -0.05) is 6.07 Å². The van der Waals surface area contributed by atoms with Crippen LogP contribution in [0.2, 0.25) is 0 Å². The van der Waals surface area contributed by atoms with Gasteiger partial charge in [0.1, 0.15) is 11.9 Å². The highest BCUT2D eigenvalue weighted by Crippen LogP contribution is 2.12. The Morgan fingerprint density at radius 1 is 1.44 bits per heavy atom. The lowest BCUT2D eigenvalue weighted by molar-refractivity contribution is 0.796. The maximum absolute atomic E-state index is 8.91. The topological polar surface area (TPSA) is 66.5 Å². The molecule has 2 aromatic rings. The Kier molecular flexibility index (Phi) is 2.94. The summed E-state index contributed by atoms with van der Waals surface area (Å²) in [7, 11) is 1.87. The minimum Gasteiger partial charge on any atom is -0.316 e. The van der Waals surface area contributed by atoms with E-state index in [2.05, 4.69) is 15.3 Å². The molecule has 0 aromatic carbocycles. The molecule has 0 fully saturated rings. The first kappa shape index (κ1) is 10.3. The number of nitrogens with zero attached hydrogens (tertiary/aromatic N) is 4. The highest BCUT2D eigenvalue weighted by Gasteiger charge is 2.08. The van der Waals surface area contributed by atoms with Crippen molar-refractivity contribution in [2.45, 2.75) is 6.54 Å². The summed E-state index contributed by atoms with van der Waals surface area (Å²) in [5, 5.41) is 12.0. The van der Waals surface area contributed by atoms with Crippen LogP contribution in [-0.4, -0.2) is 21.6 Å². The minimum atomic E-state index is 0.344. The third-order valence-electron chi connectivity index (χ3n) is 2.20. The van der Waals surface area contributed by atoms with Gasteiger partial charge in [-0.2, -0.15) is 5.26 Å². The molecule has 0 aliphatic rings. The van der Waals surface area contributed by atoms with Crippen LogP contribution in [0.15, 0.2) is 30.7 Å². The van der Waals surface area contributed by atoms with Gasteiger partial charge < -0.3 is 5.32 Å². The molecule has 2 heterocycles. The van der Waals surface area contributed by atoms with Crippen LogP contribution < -0.4 is 5.32 Å². The molecule has 5 heteroatoms. The summed E-state index contributed by atoms with van der Waals surface area (Å²) in [6.07, 6.45) is 5.03. The van der Waals surface area contributed by atoms with Crippen LogP contribution in [0.4, 0.5) is 0 Å². The Labute approximate surface area is 93.4 Å². The van der Waals surface area contributed by atoms with Crippen LogP contribution in [0, 0.1) is 11.3 Å². The largest absolute Gasteiger partial charge is 0.316 e. The van der Waals surface area contributed by atoms with Crippen LogP contribution in [0.5, 0.6) is 0 Å². The standard InChI is InChI=1S/C11H11N5/c1-13-8-9-3-2-4-15-11(9)16-6-5-14-10(16)7-12/h2-6,13H,8H2,1H3. The van der Waals surface area contributed by atoms with Crippen molar-refractivity contribution in [3.8, 4) is 11.9 Å². The summed E-state index contributed by atoms with van der Waals surface area (Å²) in [5.41, 5.74) is 1.03. The van der Waals surface area contributed by atoms with Gasteiger partial charge in [0.15, 0.2) is 0 Å². The van der Waals surface area contributed by atoms with E-state index in [1.54, 1.807) is 23.2 Å². The summed E-state index contributed by atoms with van der Waals surface area (Å²) >= 11 is 0. The van der Waals surface area contributed by atoms with Crippen LogP contribution in [-0.2, 0) is 6.54 Å². The maximum atomic E-state index is 8.91. The van der Waals surface area contributed by atoms with E-state index in [1.165, 1.54) is 0 Å². The van der Waals surface area contributed by atoms with Crippen molar-refractivity contribution >= 4 is 0 Å². The van der Waals surface area contributed by atoms with Gasteiger partial charge in [0.25, 0.3) is 0 Å². The predicted octanol–water partition coefficient (Wildman–Crippen LogP) is 0.858. The number of pyridine rings is 1. The monoisotopic (exact) mass is 213 g/mol. The quantitative estimate of drug-likeness (QED) is 0.821. The number of nitrogens with one attached hydrogen (secondary N) is 1. The second-order valence-corrected chi connectivity index (χ2v) is 3.25. The first-order chi connectivity index (χ1) is 7.86. The van der Waals surface area contributed by atoms with Gasteiger partial charge in [-0.25, -0.2) is 9.97 Å². The van der Waals surface area contributed by atoms with Gasteiger partial charge in [-0.05, 0) is 13.1 Å². The van der Waals surface area contributed by atoms with E-state index in [-0.39, 0.29) is 0 Å². The molecule has 0 saturated heterocycles. The second-order valence-electron chi connectivity index (χ2n) is 3.25. The SMILES string of the molecule is CNCc1cccnc1-n1ccnc1C#N. The Morgan fingerprint density at radius 2 is 2.31 bits per heavy atom. The number of aromatic nitrogens is 3. The Balaban J connectivity index is 2.52. The van der Waals surface area contributed by atoms with E-state index in [0.29, 0.717) is 12.4 Å². The van der Waals surface area contributed by atoms with Crippen LogP contribution >= 0.6 is 0 Å². The van der Waals surface area contributed by atoms with Gasteiger partial charge in [0.05, 0.1) is 0 Å². The van der Waals surface area contributed by atoms with Gasteiger partial charge >= 0.3 is 0 Å². The average molecular weight is 213 g/mol.